The van der Waals surface area contributed by atoms with Crippen LogP contribution in [-0.4, -0.2) is 46.7 Å². The Hall–Kier alpha value is -2.22. The summed E-state index contributed by atoms with van der Waals surface area (Å²) in [5.74, 6) is 2.65. The number of benzene rings is 1. The van der Waals surface area contributed by atoms with Crippen LogP contribution in [0.25, 0.3) is 11.4 Å². The minimum absolute atomic E-state index is 0.0951. The maximum Gasteiger partial charge on any atom is 0.230 e. The number of carbonyl (C=O) groups excluding carboxylic acids is 1. The third-order valence-electron chi connectivity index (χ3n) is 6.80. The zero-order valence-corrected chi connectivity index (χ0v) is 20.7. The van der Waals surface area contributed by atoms with Gasteiger partial charge in [-0.05, 0) is 43.9 Å². The van der Waals surface area contributed by atoms with Gasteiger partial charge in [-0.25, -0.2) is 0 Å². The van der Waals surface area contributed by atoms with Crippen LogP contribution in [0.4, 0.5) is 0 Å². The van der Waals surface area contributed by atoms with Crippen LogP contribution >= 0.6 is 11.8 Å². The highest BCUT2D eigenvalue weighted by molar-refractivity contribution is 7.99. The fraction of sp³-hybridized carbons (Fsp3) is 0.640. The van der Waals surface area contributed by atoms with Gasteiger partial charge in [0.05, 0.1) is 20.0 Å². The van der Waals surface area contributed by atoms with E-state index in [0.717, 1.165) is 42.2 Å². The molecule has 2 aliphatic carbocycles. The van der Waals surface area contributed by atoms with E-state index in [2.05, 4.69) is 20.1 Å². The van der Waals surface area contributed by atoms with Crippen molar-refractivity contribution in [2.75, 3.05) is 20.0 Å². The first-order valence-electron chi connectivity index (χ1n) is 12.3. The minimum atomic E-state index is 0.0951. The fourth-order valence-electron chi connectivity index (χ4n) is 5.04. The SMILES string of the molecule is COc1ccc(-c2nnc(SCC(=O)NC3CCCCCC3)n2C2CCCCC2)cc1OC. The lowest BCUT2D eigenvalue weighted by molar-refractivity contribution is -0.119. The predicted molar refractivity (Wildman–Crippen MR) is 131 cm³/mol. The highest BCUT2D eigenvalue weighted by atomic mass is 32.2. The molecule has 180 valence electrons. The molecule has 2 fully saturated rings. The van der Waals surface area contributed by atoms with Gasteiger partial charge < -0.3 is 14.8 Å². The van der Waals surface area contributed by atoms with Crippen LogP contribution in [0.1, 0.15) is 76.7 Å². The van der Waals surface area contributed by atoms with E-state index in [-0.39, 0.29) is 5.91 Å². The van der Waals surface area contributed by atoms with E-state index >= 15 is 0 Å². The molecule has 1 amide bonds. The average molecular weight is 473 g/mol. The molecule has 0 aliphatic heterocycles. The highest BCUT2D eigenvalue weighted by Gasteiger charge is 2.25. The van der Waals surface area contributed by atoms with E-state index in [4.69, 9.17) is 9.47 Å². The lowest BCUT2D eigenvalue weighted by atomic mass is 9.95. The Labute approximate surface area is 201 Å². The Morgan fingerprint density at radius 2 is 1.64 bits per heavy atom. The first-order valence-corrected chi connectivity index (χ1v) is 13.3. The molecule has 1 heterocycles. The Kier molecular flexibility index (Phi) is 8.53. The third kappa shape index (κ3) is 6.02. The van der Waals surface area contributed by atoms with Crippen LogP contribution in [0.2, 0.25) is 0 Å². The van der Waals surface area contributed by atoms with E-state index in [1.54, 1.807) is 14.2 Å². The Balaban J connectivity index is 1.53. The van der Waals surface area contributed by atoms with Gasteiger partial charge in [-0.15, -0.1) is 10.2 Å². The van der Waals surface area contributed by atoms with Crippen molar-refractivity contribution in [1.82, 2.24) is 20.1 Å². The second-order valence-electron chi connectivity index (χ2n) is 9.08. The topological polar surface area (TPSA) is 78.3 Å². The van der Waals surface area contributed by atoms with Crippen molar-refractivity contribution in [1.29, 1.82) is 0 Å². The van der Waals surface area contributed by atoms with E-state index < -0.39 is 0 Å². The van der Waals surface area contributed by atoms with E-state index in [1.165, 1.54) is 56.7 Å². The summed E-state index contributed by atoms with van der Waals surface area (Å²) < 4.78 is 13.2. The summed E-state index contributed by atoms with van der Waals surface area (Å²) in [6.45, 7) is 0. The standard InChI is InChI=1S/C25H36N4O3S/c1-31-21-15-14-18(16-22(21)32-2)24-27-28-25(29(24)20-12-8-5-9-13-20)33-17-23(30)26-19-10-6-3-4-7-11-19/h14-16,19-20H,3-13,17H2,1-2H3,(H,26,30). The van der Waals surface area contributed by atoms with Crippen molar-refractivity contribution in [2.45, 2.75) is 87.9 Å². The summed E-state index contributed by atoms with van der Waals surface area (Å²) >= 11 is 1.50. The molecule has 0 saturated heterocycles. The molecule has 33 heavy (non-hydrogen) atoms. The van der Waals surface area contributed by atoms with Crippen LogP contribution in [0.3, 0.4) is 0 Å². The maximum absolute atomic E-state index is 12.7. The van der Waals surface area contributed by atoms with Crippen LogP contribution in [-0.2, 0) is 4.79 Å². The fourth-order valence-corrected chi connectivity index (χ4v) is 5.86. The van der Waals surface area contributed by atoms with Crippen molar-refractivity contribution in [3.63, 3.8) is 0 Å². The number of ether oxygens (including phenoxy) is 2. The third-order valence-corrected chi connectivity index (χ3v) is 7.74. The lowest BCUT2D eigenvalue weighted by Gasteiger charge is -2.25. The first kappa shape index (κ1) is 23.9. The predicted octanol–water partition coefficient (Wildman–Crippen LogP) is 5.40. The van der Waals surface area contributed by atoms with Crippen molar-refractivity contribution >= 4 is 17.7 Å². The summed E-state index contributed by atoms with van der Waals surface area (Å²) in [5, 5.41) is 13.2. The molecule has 2 aliphatic rings. The zero-order chi connectivity index (χ0) is 23.0. The second kappa shape index (κ2) is 11.8. The number of amides is 1. The van der Waals surface area contributed by atoms with Gasteiger partial charge in [0, 0.05) is 17.6 Å². The van der Waals surface area contributed by atoms with Gasteiger partial charge in [0.15, 0.2) is 22.5 Å². The molecule has 1 aromatic carbocycles. The van der Waals surface area contributed by atoms with Crippen LogP contribution in [0, 0.1) is 0 Å². The number of methoxy groups -OCH3 is 2. The summed E-state index contributed by atoms with van der Waals surface area (Å²) in [5.41, 5.74) is 0.945. The van der Waals surface area contributed by atoms with Crippen LogP contribution in [0.5, 0.6) is 11.5 Å². The van der Waals surface area contributed by atoms with E-state index in [0.29, 0.717) is 29.3 Å². The van der Waals surface area contributed by atoms with E-state index in [9.17, 15) is 4.79 Å². The lowest BCUT2D eigenvalue weighted by Crippen LogP contribution is -2.35. The molecule has 8 heteroatoms. The molecule has 0 bridgehead atoms. The van der Waals surface area contributed by atoms with Crippen molar-refractivity contribution < 1.29 is 14.3 Å². The zero-order valence-electron chi connectivity index (χ0n) is 19.8. The molecular weight excluding hydrogens is 436 g/mol. The molecule has 1 N–H and O–H groups in total. The number of carbonyl (C=O) groups is 1. The summed E-state index contributed by atoms with van der Waals surface area (Å²) in [6, 6.07) is 6.53. The van der Waals surface area contributed by atoms with Gasteiger partial charge in [-0.1, -0.05) is 56.7 Å². The molecule has 4 rings (SSSR count). The van der Waals surface area contributed by atoms with Crippen molar-refractivity contribution in [3.8, 4) is 22.9 Å². The van der Waals surface area contributed by atoms with Gasteiger partial charge in [0.1, 0.15) is 0 Å². The number of hydrogen-bond donors (Lipinski definition) is 1. The monoisotopic (exact) mass is 472 g/mol. The summed E-state index contributed by atoms with van der Waals surface area (Å²) in [6.07, 6.45) is 13.1. The summed E-state index contributed by atoms with van der Waals surface area (Å²) in [7, 11) is 3.28. The molecule has 2 saturated carbocycles. The van der Waals surface area contributed by atoms with Gasteiger partial charge in [0.2, 0.25) is 5.91 Å². The largest absolute Gasteiger partial charge is 0.493 e. The summed E-state index contributed by atoms with van der Waals surface area (Å²) in [4.78, 5) is 12.7. The van der Waals surface area contributed by atoms with Crippen LogP contribution in [0.15, 0.2) is 23.4 Å². The Morgan fingerprint density at radius 1 is 0.970 bits per heavy atom. The number of nitrogens with one attached hydrogen (secondary N) is 1. The number of rotatable bonds is 8. The number of nitrogens with zero attached hydrogens (tertiary/aromatic N) is 3. The van der Waals surface area contributed by atoms with Gasteiger partial charge in [-0.2, -0.15) is 0 Å². The van der Waals surface area contributed by atoms with Gasteiger partial charge in [0.25, 0.3) is 0 Å². The normalized spacial score (nSPS) is 18.0. The molecule has 2 aromatic rings. The first-order chi connectivity index (χ1) is 16.2. The van der Waals surface area contributed by atoms with Gasteiger partial charge >= 0.3 is 0 Å². The molecule has 1 aromatic heterocycles. The molecule has 7 nitrogen and oxygen atoms in total. The van der Waals surface area contributed by atoms with Crippen molar-refractivity contribution in [3.05, 3.63) is 18.2 Å². The Morgan fingerprint density at radius 3 is 2.33 bits per heavy atom. The molecule has 0 radical (unpaired) electrons. The second-order valence-corrected chi connectivity index (χ2v) is 10.0. The highest BCUT2D eigenvalue weighted by Crippen LogP contribution is 2.38. The Bertz CT molecular complexity index is 918. The number of thioether (sulfide) groups is 1. The number of aromatic nitrogens is 3. The minimum Gasteiger partial charge on any atom is -0.493 e. The van der Waals surface area contributed by atoms with E-state index in [1.807, 2.05) is 18.2 Å². The molecule has 0 unspecified atom stereocenters. The molecule has 0 atom stereocenters. The number of hydrogen-bond acceptors (Lipinski definition) is 6. The quantitative estimate of drug-likeness (QED) is 0.409. The van der Waals surface area contributed by atoms with Gasteiger partial charge in [-0.3, -0.25) is 9.36 Å². The average Bonchev–Trinajstić information content (AvgIpc) is 3.11. The van der Waals surface area contributed by atoms with Crippen molar-refractivity contribution in [2.24, 2.45) is 0 Å². The maximum atomic E-state index is 12.7. The van der Waals surface area contributed by atoms with Crippen LogP contribution < -0.4 is 14.8 Å². The molecule has 0 spiro atoms. The molecular formula is C25H36N4O3S. The smallest absolute Gasteiger partial charge is 0.230 e.